The third kappa shape index (κ3) is 5.36. The number of aromatic amines is 1. The fourth-order valence-electron chi connectivity index (χ4n) is 4.65. The number of aromatic nitrogens is 2. The first-order valence-corrected chi connectivity index (χ1v) is 11.7. The van der Waals surface area contributed by atoms with E-state index in [2.05, 4.69) is 54.3 Å². The fraction of sp³-hybridized carbons (Fsp3) is 0.500. The molecule has 1 atom stereocenters. The number of aliphatic imine (C=N–C) groups is 1. The van der Waals surface area contributed by atoms with Crippen LogP contribution in [0.5, 0.6) is 0 Å². The molecule has 32 heavy (non-hydrogen) atoms. The lowest BCUT2D eigenvalue weighted by molar-refractivity contribution is -0.119. The van der Waals surface area contributed by atoms with E-state index in [0.717, 1.165) is 81.8 Å². The van der Waals surface area contributed by atoms with Crippen LogP contribution >= 0.6 is 0 Å². The van der Waals surface area contributed by atoms with Gasteiger partial charge in [-0.2, -0.15) is 5.10 Å². The van der Waals surface area contributed by atoms with Gasteiger partial charge in [0.25, 0.3) is 0 Å². The van der Waals surface area contributed by atoms with E-state index in [1.807, 2.05) is 11.1 Å². The van der Waals surface area contributed by atoms with Gasteiger partial charge in [0.1, 0.15) is 0 Å². The number of allylic oxidation sites excluding steroid dienone is 2. The summed E-state index contributed by atoms with van der Waals surface area (Å²) in [4.78, 5) is 17.6. The number of benzene rings is 1. The Morgan fingerprint density at radius 3 is 2.72 bits per heavy atom. The molecule has 0 aliphatic carbocycles. The van der Waals surface area contributed by atoms with E-state index < -0.39 is 0 Å². The Balaban J connectivity index is 1.56. The largest absolute Gasteiger partial charge is 0.381 e. The van der Waals surface area contributed by atoms with Gasteiger partial charge in [0.2, 0.25) is 6.41 Å². The Kier molecular flexibility index (Phi) is 7.53. The van der Waals surface area contributed by atoms with Gasteiger partial charge in [0, 0.05) is 61.8 Å². The summed E-state index contributed by atoms with van der Waals surface area (Å²) in [5, 5.41) is 8.09. The Morgan fingerprint density at radius 1 is 1.25 bits per heavy atom. The molecular weight excluding hydrogens is 400 g/mol. The first-order valence-electron chi connectivity index (χ1n) is 11.7. The normalized spacial score (nSPS) is 20.4. The highest BCUT2D eigenvalue weighted by Gasteiger charge is 2.26. The van der Waals surface area contributed by atoms with Crippen LogP contribution in [0.2, 0.25) is 0 Å². The van der Waals surface area contributed by atoms with E-state index in [9.17, 15) is 4.79 Å². The summed E-state index contributed by atoms with van der Waals surface area (Å²) < 4.78 is 5.45. The van der Waals surface area contributed by atoms with Crippen molar-refractivity contribution >= 4 is 18.2 Å². The number of carbonyl (C=O) groups is 1. The highest BCUT2D eigenvalue weighted by molar-refractivity contribution is 5.89. The molecule has 2 fully saturated rings. The van der Waals surface area contributed by atoms with Crippen LogP contribution in [0.3, 0.4) is 0 Å². The van der Waals surface area contributed by atoms with Crippen LogP contribution in [0.25, 0.3) is 16.8 Å². The van der Waals surface area contributed by atoms with E-state index in [1.54, 1.807) is 0 Å². The van der Waals surface area contributed by atoms with E-state index in [0.29, 0.717) is 11.8 Å². The van der Waals surface area contributed by atoms with Gasteiger partial charge >= 0.3 is 0 Å². The Labute approximate surface area is 190 Å². The second-order valence-electron chi connectivity index (χ2n) is 9.07. The lowest BCUT2D eigenvalue weighted by Crippen LogP contribution is -2.32. The molecule has 4 rings (SSSR count). The van der Waals surface area contributed by atoms with Gasteiger partial charge in [-0.25, -0.2) is 0 Å². The van der Waals surface area contributed by atoms with Crippen molar-refractivity contribution in [2.45, 2.75) is 45.4 Å². The van der Waals surface area contributed by atoms with Crippen molar-refractivity contribution in [2.24, 2.45) is 10.9 Å². The first-order chi connectivity index (χ1) is 15.7. The molecule has 170 valence electrons. The summed E-state index contributed by atoms with van der Waals surface area (Å²) in [5.74, 6) is 1.03. The third-order valence-electron chi connectivity index (χ3n) is 6.72. The summed E-state index contributed by atoms with van der Waals surface area (Å²) in [5.41, 5.74) is 6.85. The van der Waals surface area contributed by atoms with Crippen molar-refractivity contribution in [3.8, 4) is 11.3 Å². The predicted octanol–water partition coefficient (Wildman–Crippen LogP) is 4.62. The van der Waals surface area contributed by atoms with Gasteiger partial charge in [0.05, 0.1) is 5.69 Å². The number of H-pyrrole nitrogens is 1. The molecule has 0 radical (unpaired) electrons. The van der Waals surface area contributed by atoms with Crippen molar-refractivity contribution in [3.63, 3.8) is 0 Å². The van der Waals surface area contributed by atoms with Gasteiger partial charge < -0.3 is 9.64 Å². The number of aryl methyl sites for hydroxylation is 1. The Morgan fingerprint density at radius 2 is 2.03 bits per heavy atom. The van der Waals surface area contributed by atoms with Crippen molar-refractivity contribution in [3.05, 3.63) is 47.2 Å². The lowest BCUT2D eigenvalue weighted by Gasteiger charge is -2.29. The van der Waals surface area contributed by atoms with Crippen LogP contribution in [-0.2, 0) is 9.53 Å². The van der Waals surface area contributed by atoms with Crippen molar-refractivity contribution < 1.29 is 9.53 Å². The number of nitrogens with zero attached hydrogens (tertiary/aromatic N) is 3. The number of likely N-dealkylation sites (tertiary alicyclic amines) is 1. The number of hydrogen-bond donors (Lipinski definition) is 1. The number of ether oxygens (including phenoxy) is 1. The molecule has 6 heteroatoms. The monoisotopic (exact) mass is 434 g/mol. The summed E-state index contributed by atoms with van der Waals surface area (Å²) in [6.07, 6.45) is 9.16. The summed E-state index contributed by atoms with van der Waals surface area (Å²) in [6, 6.07) is 8.53. The fourth-order valence-corrected chi connectivity index (χ4v) is 4.65. The van der Waals surface area contributed by atoms with Crippen LogP contribution in [0.1, 0.15) is 55.3 Å². The molecule has 2 aliphatic rings. The Hall–Kier alpha value is -2.73. The zero-order chi connectivity index (χ0) is 22.3. The van der Waals surface area contributed by atoms with Gasteiger partial charge in [-0.3, -0.25) is 14.9 Å². The lowest BCUT2D eigenvalue weighted by atomic mass is 9.87. The zero-order valence-corrected chi connectivity index (χ0v) is 19.2. The number of carbonyl (C=O) groups excluding carboxylic acids is 1. The molecule has 2 aromatic rings. The predicted molar refractivity (Wildman–Crippen MR) is 129 cm³/mol. The maximum absolute atomic E-state index is 11.1. The molecule has 6 nitrogen and oxygen atoms in total. The summed E-state index contributed by atoms with van der Waals surface area (Å²) >= 11 is 0. The molecule has 3 heterocycles. The molecular formula is C26H34N4O2. The van der Waals surface area contributed by atoms with Gasteiger partial charge in [-0.15, -0.1) is 0 Å². The van der Waals surface area contributed by atoms with Crippen LogP contribution in [0.4, 0.5) is 0 Å². The molecule has 1 aromatic carbocycles. The summed E-state index contributed by atoms with van der Waals surface area (Å²) in [6.45, 7) is 8.44. The van der Waals surface area contributed by atoms with Crippen molar-refractivity contribution in [1.29, 1.82) is 0 Å². The maximum Gasteiger partial charge on any atom is 0.209 e. The third-order valence-corrected chi connectivity index (χ3v) is 6.72. The second-order valence-corrected chi connectivity index (χ2v) is 9.07. The average Bonchev–Trinajstić information content (AvgIpc) is 3.49. The molecule has 1 amide bonds. The van der Waals surface area contributed by atoms with Crippen LogP contribution in [0.15, 0.2) is 35.3 Å². The minimum atomic E-state index is 0.371. The standard InChI is InChI=1S/C26H34N4O2/c1-19-3-5-22(6-4-19)25-24(20(2)7-12-27-13-8-21-11-16-32-17-21)26(29-28-25)23-9-14-30(18-31)15-10-23/h3-7,12,18,21,23H,8-11,13-17H2,1-2H3,(H,28,29)/b20-7+,27-12?. The second kappa shape index (κ2) is 10.7. The smallest absolute Gasteiger partial charge is 0.209 e. The molecule has 1 unspecified atom stereocenters. The maximum atomic E-state index is 11.1. The quantitative estimate of drug-likeness (QED) is 0.487. The highest BCUT2D eigenvalue weighted by Crippen LogP contribution is 2.37. The molecule has 2 aliphatic heterocycles. The molecule has 0 spiro atoms. The van der Waals surface area contributed by atoms with Crippen LogP contribution in [-0.4, -0.2) is 60.6 Å². The minimum Gasteiger partial charge on any atom is -0.381 e. The van der Waals surface area contributed by atoms with Crippen LogP contribution in [0, 0.1) is 12.8 Å². The first kappa shape index (κ1) is 22.5. The van der Waals surface area contributed by atoms with E-state index >= 15 is 0 Å². The topological polar surface area (TPSA) is 70.6 Å². The SMILES string of the molecule is C/C(=C\C=NCCC1CCOC1)c1c(-c2ccc(C)cc2)n[nH]c1C1CCN(C=O)CC1. The number of nitrogens with one attached hydrogen (secondary N) is 1. The number of amides is 1. The zero-order valence-electron chi connectivity index (χ0n) is 19.2. The molecule has 1 N–H and O–H groups in total. The molecule has 1 aromatic heterocycles. The van der Waals surface area contributed by atoms with Crippen molar-refractivity contribution in [2.75, 3.05) is 32.8 Å². The van der Waals surface area contributed by atoms with Crippen LogP contribution < -0.4 is 0 Å². The van der Waals surface area contributed by atoms with Gasteiger partial charge in [0.15, 0.2) is 0 Å². The van der Waals surface area contributed by atoms with E-state index in [4.69, 9.17) is 9.84 Å². The number of piperidine rings is 1. The number of rotatable bonds is 8. The minimum absolute atomic E-state index is 0.371. The molecule has 0 bridgehead atoms. The van der Waals surface area contributed by atoms with Gasteiger partial charge in [-0.1, -0.05) is 29.8 Å². The van der Waals surface area contributed by atoms with E-state index in [1.165, 1.54) is 16.8 Å². The van der Waals surface area contributed by atoms with Gasteiger partial charge in [-0.05, 0) is 57.1 Å². The average molecular weight is 435 g/mol. The highest BCUT2D eigenvalue weighted by atomic mass is 16.5. The number of hydrogen-bond acceptors (Lipinski definition) is 4. The van der Waals surface area contributed by atoms with E-state index in [-0.39, 0.29) is 0 Å². The summed E-state index contributed by atoms with van der Waals surface area (Å²) in [7, 11) is 0. The molecule has 0 saturated carbocycles. The Bertz CT molecular complexity index is 947. The van der Waals surface area contributed by atoms with Crippen molar-refractivity contribution in [1.82, 2.24) is 15.1 Å². The molecule has 2 saturated heterocycles.